The highest BCUT2D eigenvalue weighted by Gasteiger charge is 2.28. The first-order valence-electron chi connectivity index (χ1n) is 8.17. The molecule has 0 radical (unpaired) electrons. The zero-order valence-electron chi connectivity index (χ0n) is 13.5. The minimum absolute atomic E-state index is 0.327. The van der Waals surface area contributed by atoms with Crippen LogP contribution in [0.25, 0.3) is 0 Å². The number of piperazine rings is 1. The van der Waals surface area contributed by atoms with Gasteiger partial charge in [-0.3, -0.25) is 4.90 Å². The largest absolute Gasteiger partial charge is 0.310 e. The number of rotatable bonds is 3. The van der Waals surface area contributed by atoms with Crippen molar-refractivity contribution in [3.8, 4) is 0 Å². The Morgan fingerprint density at radius 3 is 3.00 bits per heavy atom. The van der Waals surface area contributed by atoms with Gasteiger partial charge in [-0.1, -0.05) is 6.92 Å². The first-order chi connectivity index (χ1) is 10.2. The molecule has 1 saturated heterocycles. The standard InChI is InChI=1S/C16H27N5/c1-4-17-13-6-5-7-14-12(13)10-18-16(19-14)15-11-20(2)8-9-21(15)3/h10,13,15,17H,4-9,11H2,1-3H3. The maximum Gasteiger partial charge on any atom is 0.146 e. The zero-order chi connectivity index (χ0) is 14.8. The predicted octanol–water partition coefficient (Wildman–Crippen LogP) is 1.38. The molecule has 1 aromatic heterocycles. The number of nitrogens with one attached hydrogen (secondary N) is 1. The van der Waals surface area contributed by atoms with E-state index in [2.05, 4.69) is 42.3 Å². The van der Waals surface area contributed by atoms with Crippen LogP contribution in [0.4, 0.5) is 0 Å². The highest BCUT2D eigenvalue weighted by atomic mass is 15.3. The van der Waals surface area contributed by atoms with Crippen molar-refractivity contribution in [1.29, 1.82) is 0 Å². The lowest BCUT2D eigenvalue weighted by atomic mass is 9.92. The fourth-order valence-electron chi connectivity index (χ4n) is 3.47. The first kappa shape index (κ1) is 14.9. The van der Waals surface area contributed by atoms with Gasteiger partial charge in [0.25, 0.3) is 0 Å². The zero-order valence-corrected chi connectivity index (χ0v) is 13.5. The summed E-state index contributed by atoms with van der Waals surface area (Å²) in [4.78, 5) is 14.4. The molecule has 0 spiro atoms. The first-order valence-corrected chi connectivity index (χ1v) is 8.17. The monoisotopic (exact) mass is 289 g/mol. The van der Waals surface area contributed by atoms with Crippen LogP contribution in [0.3, 0.4) is 0 Å². The van der Waals surface area contributed by atoms with Gasteiger partial charge in [0.2, 0.25) is 0 Å². The number of hydrogen-bond donors (Lipinski definition) is 1. The number of likely N-dealkylation sites (N-methyl/N-ethyl adjacent to an activating group) is 2. The molecular weight excluding hydrogens is 262 g/mol. The van der Waals surface area contributed by atoms with Crippen LogP contribution in [0, 0.1) is 0 Å². The van der Waals surface area contributed by atoms with Gasteiger partial charge in [0.1, 0.15) is 5.82 Å². The minimum Gasteiger partial charge on any atom is -0.310 e. The van der Waals surface area contributed by atoms with Crippen LogP contribution in [-0.2, 0) is 6.42 Å². The summed E-state index contributed by atoms with van der Waals surface area (Å²) in [6, 6.07) is 0.771. The average Bonchev–Trinajstić information content (AvgIpc) is 2.50. The van der Waals surface area contributed by atoms with E-state index in [0.29, 0.717) is 12.1 Å². The molecule has 2 heterocycles. The van der Waals surface area contributed by atoms with Crippen LogP contribution < -0.4 is 5.32 Å². The molecule has 0 aromatic carbocycles. The Hall–Kier alpha value is -1.04. The summed E-state index contributed by atoms with van der Waals surface area (Å²) in [5, 5.41) is 3.56. The molecule has 1 fully saturated rings. The van der Waals surface area contributed by atoms with E-state index >= 15 is 0 Å². The van der Waals surface area contributed by atoms with E-state index in [1.54, 1.807) is 0 Å². The SMILES string of the molecule is CCNC1CCCc2nc(C3CN(C)CCN3C)ncc21. The van der Waals surface area contributed by atoms with Crippen LogP contribution >= 0.6 is 0 Å². The second-order valence-corrected chi connectivity index (χ2v) is 6.39. The van der Waals surface area contributed by atoms with Crippen molar-refractivity contribution in [2.24, 2.45) is 0 Å². The molecule has 0 bridgehead atoms. The third-order valence-electron chi connectivity index (χ3n) is 4.80. The molecule has 2 aliphatic rings. The summed E-state index contributed by atoms with van der Waals surface area (Å²) in [6.45, 7) is 6.40. The predicted molar refractivity (Wildman–Crippen MR) is 84.3 cm³/mol. The molecule has 2 atom stereocenters. The maximum atomic E-state index is 4.93. The molecule has 116 valence electrons. The van der Waals surface area contributed by atoms with E-state index in [0.717, 1.165) is 38.4 Å². The van der Waals surface area contributed by atoms with Crippen molar-refractivity contribution in [3.05, 3.63) is 23.3 Å². The van der Waals surface area contributed by atoms with Crippen molar-refractivity contribution in [2.45, 2.75) is 38.3 Å². The van der Waals surface area contributed by atoms with Gasteiger partial charge in [-0.05, 0) is 39.9 Å². The average molecular weight is 289 g/mol. The van der Waals surface area contributed by atoms with Gasteiger partial charge in [0.05, 0.1) is 6.04 Å². The number of nitrogens with zero attached hydrogens (tertiary/aromatic N) is 4. The van der Waals surface area contributed by atoms with E-state index in [1.807, 2.05) is 0 Å². The van der Waals surface area contributed by atoms with Gasteiger partial charge in [-0.25, -0.2) is 9.97 Å². The Kier molecular flexibility index (Phi) is 4.52. The lowest BCUT2D eigenvalue weighted by Crippen LogP contribution is -2.45. The summed E-state index contributed by atoms with van der Waals surface area (Å²) >= 11 is 0. The maximum absolute atomic E-state index is 4.93. The molecule has 1 aromatic rings. The second kappa shape index (κ2) is 6.38. The fourth-order valence-corrected chi connectivity index (χ4v) is 3.47. The Bertz CT molecular complexity index is 490. The van der Waals surface area contributed by atoms with Crippen LogP contribution in [0.5, 0.6) is 0 Å². The van der Waals surface area contributed by atoms with Gasteiger partial charge in [-0.2, -0.15) is 0 Å². The molecule has 1 N–H and O–H groups in total. The molecule has 5 nitrogen and oxygen atoms in total. The van der Waals surface area contributed by atoms with Crippen LogP contribution in [0.15, 0.2) is 6.20 Å². The number of fused-ring (bicyclic) bond motifs is 1. The summed E-state index contributed by atoms with van der Waals surface area (Å²) in [5.74, 6) is 1.000. The van der Waals surface area contributed by atoms with Gasteiger partial charge >= 0.3 is 0 Å². The molecule has 1 aliphatic carbocycles. The summed E-state index contributed by atoms with van der Waals surface area (Å²) in [5.41, 5.74) is 2.58. The second-order valence-electron chi connectivity index (χ2n) is 6.39. The molecule has 0 amide bonds. The smallest absolute Gasteiger partial charge is 0.146 e. The molecular formula is C16H27N5. The number of hydrogen-bond acceptors (Lipinski definition) is 5. The Labute approximate surface area is 127 Å². The van der Waals surface area contributed by atoms with Crippen molar-refractivity contribution in [1.82, 2.24) is 25.1 Å². The molecule has 3 rings (SSSR count). The lowest BCUT2D eigenvalue weighted by molar-refractivity contribution is 0.109. The van der Waals surface area contributed by atoms with Crippen molar-refractivity contribution < 1.29 is 0 Å². The summed E-state index contributed by atoms with van der Waals surface area (Å²) in [7, 11) is 4.36. The van der Waals surface area contributed by atoms with Crippen molar-refractivity contribution in [3.63, 3.8) is 0 Å². The van der Waals surface area contributed by atoms with Gasteiger partial charge in [-0.15, -0.1) is 0 Å². The fraction of sp³-hybridized carbons (Fsp3) is 0.750. The highest BCUT2D eigenvalue weighted by molar-refractivity contribution is 5.25. The van der Waals surface area contributed by atoms with Gasteiger partial charge < -0.3 is 10.2 Å². The van der Waals surface area contributed by atoms with Crippen molar-refractivity contribution >= 4 is 0 Å². The Balaban J connectivity index is 1.85. The Morgan fingerprint density at radius 2 is 2.19 bits per heavy atom. The van der Waals surface area contributed by atoms with Crippen LogP contribution in [0.1, 0.15) is 48.9 Å². The lowest BCUT2D eigenvalue weighted by Gasteiger charge is -2.37. The summed E-state index contributed by atoms with van der Waals surface area (Å²) < 4.78 is 0. The quantitative estimate of drug-likeness (QED) is 0.911. The topological polar surface area (TPSA) is 44.3 Å². The van der Waals surface area contributed by atoms with E-state index in [-0.39, 0.29) is 0 Å². The third-order valence-corrected chi connectivity index (χ3v) is 4.80. The normalized spacial score (nSPS) is 27.6. The molecule has 2 unspecified atom stereocenters. The van der Waals surface area contributed by atoms with E-state index in [1.165, 1.54) is 24.1 Å². The van der Waals surface area contributed by atoms with Crippen molar-refractivity contribution in [2.75, 3.05) is 40.3 Å². The summed E-state index contributed by atoms with van der Waals surface area (Å²) in [6.07, 6.45) is 5.60. The molecule has 5 heteroatoms. The minimum atomic E-state index is 0.327. The van der Waals surface area contributed by atoms with Gasteiger partial charge in [0, 0.05) is 43.1 Å². The van der Waals surface area contributed by atoms with E-state index in [9.17, 15) is 0 Å². The Morgan fingerprint density at radius 1 is 1.33 bits per heavy atom. The van der Waals surface area contributed by atoms with E-state index in [4.69, 9.17) is 9.97 Å². The molecule has 21 heavy (non-hydrogen) atoms. The number of aryl methyl sites for hydroxylation is 1. The van der Waals surface area contributed by atoms with Gasteiger partial charge in [0.15, 0.2) is 0 Å². The highest BCUT2D eigenvalue weighted by Crippen LogP contribution is 2.29. The number of aromatic nitrogens is 2. The third kappa shape index (κ3) is 3.10. The van der Waals surface area contributed by atoms with Crippen LogP contribution in [0.2, 0.25) is 0 Å². The van der Waals surface area contributed by atoms with Crippen LogP contribution in [-0.4, -0.2) is 60.0 Å². The molecule has 1 aliphatic heterocycles. The molecule has 0 saturated carbocycles. The van der Waals surface area contributed by atoms with E-state index < -0.39 is 0 Å².